The number of hydrogen-bond donors (Lipinski definition) is 1. The predicted octanol–water partition coefficient (Wildman–Crippen LogP) is 1.31. The van der Waals surface area contributed by atoms with Crippen LogP contribution in [0.4, 0.5) is 5.69 Å². The first-order valence-corrected chi connectivity index (χ1v) is 5.97. The van der Waals surface area contributed by atoms with Crippen molar-refractivity contribution in [3.63, 3.8) is 0 Å². The fraction of sp³-hybridized carbons (Fsp3) is 0.250. The number of benzene rings is 1. The Balaban J connectivity index is 2.29. The fourth-order valence-electron chi connectivity index (χ4n) is 1.36. The van der Waals surface area contributed by atoms with Gasteiger partial charge in [0.05, 0.1) is 11.6 Å². The van der Waals surface area contributed by atoms with E-state index in [9.17, 15) is 5.11 Å². The zero-order valence-electron chi connectivity index (χ0n) is 11.1. The van der Waals surface area contributed by atoms with E-state index < -0.39 is 5.95 Å². The Hall–Kier alpha value is -2.77. The van der Waals surface area contributed by atoms with Gasteiger partial charge in [0.2, 0.25) is 5.82 Å². The third-order valence-electron chi connectivity index (χ3n) is 2.33. The van der Waals surface area contributed by atoms with Crippen LogP contribution in [0.5, 0.6) is 0 Å². The van der Waals surface area contributed by atoms with Crippen molar-refractivity contribution in [2.45, 2.75) is 13.8 Å². The smallest absolute Gasteiger partial charge is 0.226 e. The Kier molecular flexibility index (Phi) is 4.38. The number of nitrogens with one attached hydrogen (secondary N) is 1. The lowest BCUT2D eigenvalue weighted by atomic mass is 10.2. The van der Waals surface area contributed by atoms with E-state index in [1.54, 1.807) is 19.1 Å². The lowest BCUT2D eigenvalue weighted by molar-refractivity contribution is -0.355. The standard InChI is InChI=1S/C12H14N6O2/c1-3-20-12(19)10(11-15-17-18-16-11)14-13-9-6-4-8(2)5-7-9/h4-7,19H,3H2,1-2H3,(H,15,16,17,18)/p-1. The van der Waals surface area contributed by atoms with E-state index in [-0.39, 0.29) is 18.1 Å². The minimum absolute atomic E-state index is 0.0410. The maximum atomic E-state index is 11.8. The molecule has 2 aromatic rings. The maximum Gasteiger partial charge on any atom is 0.226 e. The summed E-state index contributed by atoms with van der Waals surface area (Å²) in [6.45, 7) is 3.89. The van der Waals surface area contributed by atoms with E-state index in [0.717, 1.165) is 5.56 Å². The van der Waals surface area contributed by atoms with Crippen molar-refractivity contribution in [1.29, 1.82) is 0 Å². The van der Waals surface area contributed by atoms with Gasteiger partial charge in [-0.15, -0.1) is 15.3 Å². The second-order valence-electron chi connectivity index (χ2n) is 3.84. The van der Waals surface area contributed by atoms with Crippen LogP contribution in [-0.4, -0.2) is 27.2 Å². The average Bonchev–Trinajstić information content (AvgIpc) is 2.95. The number of nitrogens with zero attached hydrogens (tertiary/aromatic N) is 5. The van der Waals surface area contributed by atoms with Gasteiger partial charge in [-0.05, 0) is 30.9 Å². The van der Waals surface area contributed by atoms with Crippen LogP contribution in [0, 0.1) is 6.92 Å². The normalized spacial score (nSPS) is 12.5. The number of rotatable bonds is 5. The van der Waals surface area contributed by atoms with E-state index in [2.05, 4.69) is 30.9 Å². The van der Waals surface area contributed by atoms with Gasteiger partial charge in [-0.2, -0.15) is 10.3 Å². The highest BCUT2D eigenvalue weighted by Crippen LogP contribution is 2.19. The second kappa shape index (κ2) is 6.41. The Morgan fingerprint density at radius 1 is 1.35 bits per heavy atom. The Labute approximate surface area is 115 Å². The maximum absolute atomic E-state index is 11.8. The van der Waals surface area contributed by atoms with Crippen molar-refractivity contribution in [2.24, 2.45) is 10.2 Å². The molecule has 0 bridgehead atoms. The molecule has 0 saturated heterocycles. The molecule has 0 aliphatic rings. The van der Waals surface area contributed by atoms with Crippen molar-refractivity contribution in [1.82, 2.24) is 20.6 Å². The summed E-state index contributed by atoms with van der Waals surface area (Å²) >= 11 is 0. The zero-order chi connectivity index (χ0) is 14.4. The van der Waals surface area contributed by atoms with E-state index >= 15 is 0 Å². The second-order valence-corrected chi connectivity index (χ2v) is 3.84. The number of aromatic nitrogens is 4. The molecule has 0 amide bonds. The van der Waals surface area contributed by atoms with E-state index in [1.165, 1.54) is 0 Å². The van der Waals surface area contributed by atoms with E-state index in [4.69, 9.17) is 4.74 Å². The average molecular weight is 273 g/mol. The van der Waals surface area contributed by atoms with Crippen molar-refractivity contribution in [3.8, 4) is 0 Å². The van der Waals surface area contributed by atoms with Crippen molar-refractivity contribution < 1.29 is 9.84 Å². The van der Waals surface area contributed by atoms with Crippen LogP contribution in [0.1, 0.15) is 18.3 Å². The zero-order valence-corrected chi connectivity index (χ0v) is 11.1. The molecule has 0 aliphatic carbocycles. The van der Waals surface area contributed by atoms with Crippen molar-refractivity contribution in [3.05, 3.63) is 41.6 Å². The van der Waals surface area contributed by atoms with Crippen molar-refractivity contribution >= 4 is 11.4 Å². The highest BCUT2D eigenvalue weighted by molar-refractivity contribution is 5.58. The summed E-state index contributed by atoms with van der Waals surface area (Å²) in [5.41, 5.74) is 1.62. The number of aromatic amines is 1. The molecule has 104 valence electrons. The quantitative estimate of drug-likeness (QED) is 0.652. The van der Waals surface area contributed by atoms with E-state index in [1.807, 2.05) is 19.1 Å². The highest BCUT2D eigenvalue weighted by Gasteiger charge is 2.08. The molecule has 0 unspecified atom stereocenters. The number of H-pyrrole nitrogens is 1. The van der Waals surface area contributed by atoms with Gasteiger partial charge in [0.25, 0.3) is 0 Å². The third kappa shape index (κ3) is 3.37. The van der Waals surface area contributed by atoms with Gasteiger partial charge in [-0.1, -0.05) is 24.6 Å². The summed E-state index contributed by atoms with van der Waals surface area (Å²) in [5, 5.41) is 32.7. The lowest BCUT2D eigenvalue weighted by Gasteiger charge is -2.13. The SMILES string of the molecule is CCOC([O-])=C(N=Nc1ccc(C)cc1)c1nn[nH]n1. The molecule has 1 aromatic heterocycles. The fourth-order valence-corrected chi connectivity index (χ4v) is 1.36. The molecule has 0 spiro atoms. The summed E-state index contributed by atoms with van der Waals surface area (Å²) in [4.78, 5) is 0. The van der Waals surface area contributed by atoms with Crippen LogP contribution in [0.15, 0.2) is 40.4 Å². The van der Waals surface area contributed by atoms with Gasteiger partial charge in [-0.3, -0.25) is 0 Å². The van der Waals surface area contributed by atoms with Crippen LogP contribution >= 0.6 is 0 Å². The number of ether oxygens (including phenoxy) is 1. The van der Waals surface area contributed by atoms with Crippen LogP contribution in [0.2, 0.25) is 0 Å². The molecular formula is C12H13N6O2-. The van der Waals surface area contributed by atoms with Gasteiger partial charge in [-0.25, -0.2) is 0 Å². The minimum atomic E-state index is -0.648. The van der Waals surface area contributed by atoms with Gasteiger partial charge in [0.1, 0.15) is 0 Å². The van der Waals surface area contributed by atoms with Crippen molar-refractivity contribution in [2.75, 3.05) is 6.61 Å². The number of aryl methyl sites for hydroxylation is 1. The number of azo groups is 1. The number of hydrogen-bond acceptors (Lipinski definition) is 7. The van der Waals surface area contributed by atoms with E-state index in [0.29, 0.717) is 5.69 Å². The Bertz CT molecular complexity index is 603. The molecule has 8 heteroatoms. The Morgan fingerprint density at radius 2 is 2.10 bits per heavy atom. The molecule has 8 nitrogen and oxygen atoms in total. The van der Waals surface area contributed by atoms with Gasteiger partial charge in [0.15, 0.2) is 5.70 Å². The molecule has 0 radical (unpaired) electrons. The molecule has 0 atom stereocenters. The Morgan fingerprint density at radius 3 is 2.70 bits per heavy atom. The molecule has 1 N–H and O–H groups in total. The lowest BCUT2D eigenvalue weighted by Crippen LogP contribution is -2.11. The first-order valence-electron chi connectivity index (χ1n) is 5.97. The molecule has 1 aromatic carbocycles. The summed E-state index contributed by atoms with van der Waals surface area (Å²) in [5.74, 6) is -0.607. The van der Waals surface area contributed by atoms with Crippen LogP contribution in [-0.2, 0) is 4.74 Å². The summed E-state index contributed by atoms with van der Waals surface area (Å²) in [6, 6.07) is 7.37. The molecular weight excluding hydrogens is 260 g/mol. The van der Waals surface area contributed by atoms with Crippen LogP contribution in [0.25, 0.3) is 5.70 Å². The molecule has 0 fully saturated rings. The molecule has 1 heterocycles. The number of tetrazole rings is 1. The monoisotopic (exact) mass is 273 g/mol. The summed E-state index contributed by atoms with van der Waals surface area (Å²) in [7, 11) is 0. The first-order chi connectivity index (χ1) is 9.70. The molecule has 0 aliphatic heterocycles. The highest BCUT2D eigenvalue weighted by atomic mass is 16.6. The van der Waals surface area contributed by atoms with Gasteiger partial charge < -0.3 is 9.84 Å². The van der Waals surface area contributed by atoms with Gasteiger partial charge in [0, 0.05) is 0 Å². The molecule has 20 heavy (non-hydrogen) atoms. The molecule has 2 rings (SSSR count). The molecule has 0 saturated carbocycles. The minimum Gasteiger partial charge on any atom is -0.612 e. The summed E-state index contributed by atoms with van der Waals surface area (Å²) < 4.78 is 4.88. The predicted molar refractivity (Wildman–Crippen MR) is 68.4 cm³/mol. The largest absolute Gasteiger partial charge is 0.612 e. The van der Waals surface area contributed by atoms with Crippen LogP contribution in [0.3, 0.4) is 0 Å². The first kappa shape index (κ1) is 13.7. The van der Waals surface area contributed by atoms with Crippen LogP contribution < -0.4 is 5.11 Å². The topological polar surface area (TPSA) is 111 Å². The summed E-state index contributed by atoms with van der Waals surface area (Å²) in [6.07, 6.45) is 0. The van der Waals surface area contributed by atoms with Gasteiger partial charge >= 0.3 is 0 Å². The third-order valence-corrected chi connectivity index (χ3v) is 2.33.